The van der Waals surface area contributed by atoms with Crippen molar-refractivity contribution in [3.8, 4) is 0 Å². The largest absolute Gasteiger partial charge is 0.424 e. The van der Waals surface area contributed by atoms with E-state index in [9.17, 15) is 0 Å². The first-order valence-electron chi connectivity index (χ1n) is 2.90. The van der Waals surface area contributed by atoms with Crippen LogP contribution in [0, 0.1) is 6.07 Å². The molecule has 1 aromatic carbocycles. The number of aromatic amines is 1. The van der Waals surface area contributed by atoms with Crippen LogP contribution in [0.4, 0.5) is 0 Å². The number of hydrogen-bond donors (Lipinski definition) is 1. The van der Waals surface area contributed by atoms with Crippen molar-refractivity contribution >= 4 is 10.9 Å². The molecule has 0 bridgehead atoms. The third-order valence-corrected chi connectivity index (χ3v) is 1.38. The molecule has 44 valence electrons. The van der Waals surface area contributed by atoms with Gasteiger partial charge in [0.25, 0.3) is 0 Å². The molecule has 0 aliphatic carbocycles. The lowest BCUT2D eigenvalue weighted by Crippen LogP contribution is -1.61. The minimum Gasteiger partial charge on any atom is -0.424 e. The molecule has 1 aromatic heterocycles. The van der Waals surface area contributed by atoms with Crippen LogP contribution in [0.3, 0.4) is 0 Å². The van der Waals surface area contributed by atoms with Gasteiger partial charge >= 0.3 is 0 Å². The zero-order chi connectivity index (χ0) is 6.10. The Kier molecular flexibility index (Phi) is 0.833. The van der Waals surface area contributed by atoms with Gasteiger partial charge in [-0.25, -0.2) is 0 Å². The van der Waals surface area contributed by atoms with Crippen molar-refractivity contribution in [2.45, 2.75) is 0 Å². The van der Waals surface area contributed by atoms with Crippen molar-refractivity contribution < 1.29 is 0 Å². The molecule has 1 heteroatoms. The van der Waals surface area contributed by atoms with E-state index in [0.29, 0.717) is 0 Å². The van der Waals surface area contributed by atoms with Gasteiger partial charge in [-0.3, -0.25) is 0 Å². The lowest BCUT2D eigenvalue weighted by atomic mass is 10.3. The number of fused-ring (bicyclic) bond motifs is 1. The number of para-hydroxylation sites is 1. The van der Waals surface area contributed by atoms with Gasteiger partial charge in [0.1, 0.15) is 0 Å². The monoisotopic (exact) mass is 116 g/mol. The summed E-state index contributed by atoms with van der Waals surface area (Å²) in [6.45, 7) is 0. The SMILES string of the molecule is [c-]1c[nH]c2ccccc12. The fourth-order valence-corrected chi connectivity index (χ4v) is 0.926. The summed E-state index contributed by atoms with van der Waals surface area (Å²) in [5, 5.41) is 1.15. The Morgan fingerprint density at radius 3 is 3.00 bits per heavy atom. The highest BCUT2D eigenvalue weighted by Gasteiger charge is 1.76. The van der Waals surface area contributed by atoms with E-state index in [-0.39, 0.29) is 0 Å². The Morgan fingerprint density at radius 2 is 2.11 bits per heavy atom. The van der Waals surface area contributed by atoms with E-state index < -0.39 is 0 Å². The summed E-state index contributed by atoms with van der Waals surface area (Å²) in [4.78, 5) is 3.06. The molecule has 0 unspecified atom stereocenters. The second-order valence-corrected chi connectivity index (χ2v) is 1.98. The third-order valence-electron chi connectivity index (χ3n) is 1.38. The normalized spacial score (nSPS) is 10.2. The van der Waals surface area contributed by atoms with Gasteiger partial charge < -0.3 is 4.98 Å². The Hall–Kier alpha value is -1.24. The number of H-pyrrole nitrogens is 1. The van der Waals surface area contributed by atoms with Gasteiger partial charge in [-0.05, 0) is 0 Å². The molecule has 0 fully saturated rings. The minimum atomic E-state index is 1.15. The highest BCUT2D eigenvalue weighted by molar-refractivity contribution is 5.78. The molecule has 0 aliphatic heterocycles. The Labute approximate surface area is 53.3 Å². The lowest BCUT2D eigenvalue weighted by molar-refractivity contribution is 1.47. The molecular weight excluding hydrogens is 110 g/mol. The zero-order valence-electron chi connectivity index (χ0n) is 4.89. The van der Waals surface area contributed by atoms with E-state index in [4.69, 9.17) is 0 Å². The Balaban J connectivity index is 2.95. The molecule has 0 radical (unpaired) electrons. The van der Waals surface area contributed by atoms with Crippen LogP contribution in [-0.2, 0) is 0 Å². The summed E-state index contributed by atoms with van der Waals surface area (Å²) in [5.74, 6) is 0. The Morgan fingerprint density at radius 1 is 1.22 bits per heavy atom. The smallest absolute Gasteiger partial charge is 0.0662 e. The van der Waals surface area contributed by atoms with Crippen LogP contribution in [0.1, 0.15) is 0 Å². The van der Waals surface area contributed by atoms with E-state index in [1.807, 2.05) is 30.5 Å². The maximum atomic E-state index is 3.06. The first kappa shape index (κ1) is 4.62. The van der Waals surface area contributed by atoms with Gasteiger partial charge in [-0.1, -0.05) is 23.8 Å². The fraction of sp³-hybridized carbons (Fsp3) is 0. The van der Waals surface area contributed by atoms with Gasteiger partial charge in [0.05, 0.1) is 0 Å². The van der Waals surface area contributed by atoms with Crippen molar-refractivity contribution in [1.82, 2.24) is 4.98 Å². The maximum Gasteiger partial charge on any atom is -0.0662 e. The first-order valence-corrected chi connectivity index (χ1v) is 2.90. The van der Waals surface area contributed by atoms with E-state index in [1.54, 1.807) is 0 Å². The summed E-state index contributed by atoms with van der Waals surface area (Å²) >= 11 is 0. The van der Waals surface area contributed by atoms with Crippen LogP contribution < -0.4 is 0 Å². The molecule has 2 aromatic rings. The highest BCUT2D eigenvalue weighted by atomic mass is 14.6. The van der Waals surface area contributed by atoms with E-state index >= 15 is 0 Å². The van der Waals surface area contributed by atoms with Crippen molar-refractivity contribution in [2.75, 3.05) is 0 Å². The summed E-state index contributed by atoms with van der Waals surface area (Å²) in [7, 11) is 0. The fourth-order valence-electron chi connectivity index (χ4n) is 0.926. The number of benzene rings is 1. The van der Waals surface area contributed by atoms with E-state index in [0.717, 1.165) is 10.9 Å². The van der Waals surface area contributed by atoms with Crippen LogP contribution in [0.5, 0.6) is 0 Å². The molecular formula is C8H6N-. The summed E-state index contributed by atoms with van der Waals surface area (Å²) in [5.41, 5.74) is 1.15. The standard InChI is InChI=1S/C8H6N/c1-2-4-8-7(3-1)5-6-9-8/h1-4,6,9H/q-1. The summed E-state index contributed by atoms with van der Waals surface area (Å²) in [6, 6.07) is 11.1. The van der Waals surface area contributed by atoms with Gasteiger partial charge in [-0.2, -0.15) is 17.5 Å². The topological polar surface area (TPSA) is 15.8 Å². The quantitative estimate of drug-likeness (QED) is 0.506. The molecule has 1 N–H and O–H groups in total. The summed E-state index contributed by atoms with van der Waals surface area (Å²) in [6.07, 6.45) is 1.82. The molecule has 1 nitrogen and oxygen atoms in total. The molecule has 1 heterocycles. The van der Waals surface area contributed by atoms with Crippen molar-refractivity contribution in [2.24, 2.45) is 0 Å². The molecule has 0 atom stereocenters. The van der Waals surface area contributed by atoms with Crippen LogP contribution in [-0.4, -0.2) is 4.98 Å². The minimum absolute atomic E-state index is 1.15. The molecule has 2 rings (SSSR count). The van der Waals surface area contributed by atoms with E-state index in [1.165, 1.54) is 0 Å². The highest BCUT2D eigenvalue weighted by Crippen LogP contribution is 2.08. The molecule has 0 spiro atoms. The molecule has 9 heavy (non-hydrogen) atoms. The number of rotatable bonds is 0. The van der Waals surface area contributed by atoms with Crippen molar-refractivity contribution in [3.63, 3.8) is 0 Å². The number of aromatic nitrogens is 1. The Bertz CT molecular complexity index is 279. The third kappa shape index (κ3) is 0.617. The zero-order valence-corrected chi connectivity index (χ0v) is 4.89. The molecule has 0 aliphatic rings. The lowest BCUT2D eigenvalue weighted by Gasteiger charge is -1.93. The molecule has 0 saturated carbocycles. The molecule has 0 amide bonds. The summed E-state index contributed by atoms with van der Waals surface area (Å²) < 4.78 is 0. The molecule has 0 saturated heterocycles. The van der Waals surface area contributed by atoms with Crippen LogP contribution in [0.2, 0.25) is 0 Å². The van der Waals surface area contributed by atoms with Gasteiger partial charge in [-0.15, -0.1) is 6.07 Å². The number of nitrogens with one attached hydrogen (secondary N) is 1. The predicted molar refractivity (Wildman–Crippen MR) is 37.1 cm³/mol. The number of hydrogen-bond acceptors (Lipinski definition) is 0. The second-order valence-electron chi connectivity index (χ2n) is 1.98. The predicted octanol–water partition coefficient (Wildman–Crippen LogP) is 1.97. The maximum absolute atomic E-state index is 3.06. The second kappa shape index (κ2) is 1.62. The van der Waals surface area contributed by atoms with Crippen molar-refractivity contribution in [3.05, 3.63) is 36.5 Å². The van der Waals surface area contributed by atoms with Crippen LogP contribution in [0.15, 0.2) is 30.5 Å². The average Bonchev–Trinajstić information content (AvgIpc) is 2.33. The van der Waals surface area contributed by atoms with Gasteiger partial charge in [0.2, 0.25) is 0 Å². The van der Waals surface area contributed by atoms with Gasteiger partial charge in [0.15, 0.2) is 0 Å². The average molecular weight is 116 g/mol. The first-order chi connectivity index (χ1) is 4.47. The van der Waals surface area contributed by atoms with Crippen LogP contribution in [0.25, 0.3) is 10.9 Å². The van der Waals surface area contributed by atoms with E-state index in [2.05, 4.69) is 11.1 Å². The van der Waals surface area contributed by atoms with Gasteiger partial charge in [0, 0.05) is 0 Å². The van der Waals surface area contributed by atoms with Crippen LogP contribution >= 0.6 is 0 Å². The van der Waals surface area contributed by atoms with Crippen molar-refractivity contribution in [1.29, 1.82) is 0 Å².